The van der Waals surface area contributed by atoms with Crippen molar-refractivity contribution in [2.75, 3.05) is 49.1 Å². The predicted octanol–water partition coefficient (Wildman–Crippen LogP) is -0.0772. The Morgan fingerprint density at radius 2 is 2.11 bits per heavy atom. The number of rotatable bonds is 4. The third kappa shape index (κ3) is 5.07. The molecule has 1 radical (unpaired) electrons. The third-order valence-corrected chi connectivity index (χ3v) is 4.96. The van der Waals surface area contributed by atoms with Crippen molar-refractivity contribution in [1.82, 2.24) is 10.6 Å². The minimum atomic E-state index is -0.415. The Kier molecular flexibility index (Phi) is 8.74. The van der Waals surface area contributed by atoms with Crippen LogP contribution in [0.4, 0.5) is 16.2 Å². The average Bonchev–Trinajstić information content (AvgIpc) is 3.26. The Balaban J connectivity index is 0.00000140. The normalized spacial score (nSPS) is 26.0. The Labute approximate surface area is 200 Å². The van der Waals surface area contributed by atoms with Crippen LogP contribution >= 0.6 is 0 Å². The van der Waals surface area contributed by atoms with Crippen molar-refractivity contribution < 1.29 is 68.7 Å². The molecule has 1 aromatic rings. The monoisotopic (exact) mass is 647 g/mol. The van der Waals surface area contributed by atoms with Gasteiger partial charge in [0, 0.05) is 82.8 Å². The summed E-state index contributed by atoms with van der Waals surface area (Å²) in [5.74, 6) is -0.143. The van der Waals surface area contributed by atoms with E-state index in [4.69, 9.17) is 9.47 Å². The summed E-state index contributed by atoms with van der Waals surface area (Å²) in [6.07, 6.45) is -0.565. The number of hydrogen-bond donors (Lipinski definition) is 2. The number of ether oxygens (including phenoxy) is 2. The van der Waals surface area contributed by atoms with Crippen molar-refractivity contribution in [2.45, 2.75) is 25.2 Å². The second kappa shape index (κ2) is 10.4. The zero-order valence-electron chi connectivity index (χ0n) is 15.6. The molecule has 149 valence electrons. The van der Waals surface area contributed by atoms with Crippen molar-refractivity contribution >= 4 is 23.4 Å². The number of anilines is 2. The quantitative estimate of drug-likeness (QED) is 0.446. The van der Waals surface area contributed by atoms with Gasteiger partial charge in [-0.15, -0.1) is 0 Å². The second-order valence-electron chi connectivity index (χ2n) is 6.73. The summed E-state index contributed by atoms with van der Waals surface area (Å²) in [5, 5.41) is 6.03. The molecule has 28 heavy (non-hydrogen) atoms. The van der Waals surface area contributed by atoms with Crippen molar-refractivity contribution in [3.8, 4) is 0 Å². The number of amides is 2. The summed E-state index contributed by atoms with van der Waals surface area (Å²) in [6.45, 7) is 5.40. The van der Waals surface area contributed by atoms with Gasteiger partial charge in [-0.2, -0.15) is 5.69 Å². The van der Waals surface area contributed by atoms with Gasteiger partial charge in [-0.05, 0) is 0 Å². The standard InChI is InChI=1S/C18H22N4O4.U.V/c1-12(23)20-8-15-11-22(18(24)26-15)14-4-2-13(3-5-14)21-6-7-25-17-10-19-9-16(17)21;;/h4-5,15-17,19H,6-11H2,1H3,(H,20,23);;/q-2;;. The molecule has 3 aliphatic heterocycles. The molecule has 2 N–H and O–H groups in total. The van der Waals surface area contributed by atoms with Crippen molar-refractivity contribution in [3.63, 3.8) is 0 Å². The van der Waals surface area contributed by atoms with Gasteiger partial charge in [-0.1, -0.05) is 0 Å². The van der Waals surface area contributed by atoms with Crippen LogP contribution in [0, 0.1) is 43.2 Å². The topological polar surface area (TPSA) is 83.1 Å². The van der Waals surface area contributed by atoms with Gasteiger partial charge in [0.05, 0.1) is 25.3 Å². The van der Waals surface area contributed by atoms with Crippen LogP contribution in [0.15, 0.2) is 12.1 Å². The summed E-state index contributed by atoms with van der Waals surface area (Å²) < 4.78 is 11.1. The van der Waals surface area contributed by atoms with Gasteiger partial charge in [-0.25, -0.2) is 10.5 Å². The molecule has 3 atom stereocenters. The Morgan fingerprint density at radius 3 is 2.82 bits per heavy atom. The summed E-state index contributed by atoms with van der Waals surface area (Å²) in [6, 6.07) is 10.4. The van der Waals surface area contributed by atoms with Crippen LogP contribution in [-0.2, 0) is 32.8 Å². The molecule has 0 spiro atoms. The fourth-order valence-electron chi connectivity index (χ4n) is 3.65. The fraction of sp³-hybridized carbons (Fsp3) is 0.556. The summed E-state index contributed by atoms with van der Waals surface area (Å²) >= 11 is 0. The van der Waals surface area contributed by atoms with Crippen LogP contribution in [0.2, 0.25) is 0 Å². The van der Waals surface area contributed by atoms with Crippen molar-refractivity contribution in [3.05, 3.63) is 24.3 Å². The molecule has 3 fully saturated rings. The molecule has 1 aromatic carbocycles. The van der Waals surface area contributed by atoms with E-state index in [-0.39, 0.29) is 67.8 Å². The van der Waals surface area contributed by atoms with E-state index < -0.39 is 6.09 Å². The van der Waals surface area contributed by atoms with Crippen molar-refractivity contribution in [2.24, 2.45) is 0 Å². The second-order valence-corrected chi connectivity index (χ2v) is 6.73. The minimum absolute atomic E-state index is 0. The van der Waals surface area contributed by atoms with Crippen molar-refractivity contribution in [1.29, 1.82) is 0 Å². The number of carbonyl (C=O) groups excluding carboxylic acids is 2. The number of carbonyl (C=O) groups is 2. The summed E-state index contributed by atoms with van der Waals surface area (Å²) in [7, 11) is 0. The molecule has 3 heterocycles. The SMILES string of the molecule is CC(=O)NCC1CN(c2c[c-]c(N3CCOC4CNCC43)[c-]c2)C(=O)O1.[U].[V]. The van der Waals surface area contributed by atoms with E-state index in [0.29, 0.717) is 31.4 Å². The number of morpholine rings is 1. The van der Waals surface area contributed by atoms with E-state index >= 15 is 0 Å². The van der Waals surface area contributed by atoms with E-state index in [1.54, 1.807) is 17.0 Å². The van der Waals surface area contributed by atoms with Gasteiger partial charge in [0.1, 0.15) is 6.10 Å². The summed E-state index contributed by atoms with van der Waals surface area (Å²) in [5.41, 5.74) is 1.58. The maximum Gasteiger partial charge on any atom is 0.393 e. The van der Waals surface area contributed by atoms with Gasteiger partial charge in [0.15, 0.2) is 0 Å². The molecule has 0 bridgehead atoms. The molecule has 0 aromatic heterocycles. The average molecular weight is 647 g/mol. The Bertz CT molecular complexity index is 693. The van der Waals surface area contributed by atoms with E-state index in [2.05, 4.69) is 27.7 Å². The van der Waals surface area contributed by atoms with E-state index in [1.807, 2.05) is 0 Å². The first kappa shape index (κ1) is 23.6. The molecule has 0 aliphatic carbocycles. The molecule has 8 nitrogen and oxygen atoms in total. The van der Waals surface area contributed by atoms with E-state index in [0.717, 1.165) is 25.3 Å². The maximum absolute atomic E-state index is 12.1. The summed E-state index contributed by atoms with van der Waals surface area (Å²) in [4.78, 5) is 26.9. The van der Waals surface area contributed by atoms with Gasteiger partial charge in [0.2, 0.25) is 5.91 Å². The van der Waals surface area contributed by atoms with Crippen LogP contribution in [0.1, 0.15) is 6.92 Å². The number of hydrogen-bond acceptors (Lipinski definition) is 6. The van der Waals surface area contributed by atoms with Gasteiger partial charge in [-0.3, -0.25) is 16.9 Å². The molecule has 3 saturated heterocycles. The first-order valence-electron chi connectivity index (χ1n) is 8.87. The van der Waals surface area contributed by atoms with Gasteiger partial charge in [0.25, 0.3) is 0 Å². The zero-order chi connectivity index (χ0) is 18.1. The molecule has 2 amide bonds. The van der Waals surface area contributed by atoms with Crippen LogP contribution in [0.3, 0.4) is 0 Å². The molecular formula is C18H22N4O4UV-2. The van der Waals surface area contributed by atoms with Gasteiger partial charge >= 0.3 is 6.09 Å². The predicted molar refractivity (Wildman–Crippen MR) is 94.2 cm³/mol. The molecule has 10 heteroatoms. The van der Waals surface area contributed by atoms with E-state index in [1.165, 1.54) is 6.92 Å². The molecule has 0 saturated carbocycles. The Morgan fingerprint density at radius 1 is 1.36 bits per heavy atom. The molecular weight excluding hydrogens is 625 g/mol. The molecule has 3 aliphatic rings. The number of nitrogens with zero attached hydrogens (tertiary/aromatic N) is 2. The maximum atomic E-state index is 12.1. The van der Waals surface area contributed by atoms with Crippen LogP contribution < -0.4 is 20.4 Å². The largest absolute Gasteiger partial charge is 0.443 e. The molecule has 4 rings (SSSR count). The fourth-order valence-corrected chi connectivity index (χ4v) is 3.65. The third-order valence-electron chi connectivity index (χ3n) is 4.96. The number of cyclic esters (lactones) is 1. The molecule has 3 unspecified atom stereocenters. The smallest absolute Gasteiger partial charge is 0.393 e. The van der Waals surface area contributed by atoms with Gasteiger partial charge < -0.3 is 42.0 Å². The first-order valence-corrected chi connectivity index (χ1v) is 8.87. The van der Waals surface area contributed by atoms with E-state index in [9.17, 15) is 9.59 Å². The number of benzene rings is 1. The number of fused-ring (bicyclic) bond motifs is 1. The first-order chi connectivity index (χ1) is 12.6. The van der Waals surface area contributed by atoms with Crippen LogP contribution in [-0.4, -0.2) is 69.6 Å². The minimum Gasteiger partial charge on any atom is -0.443 e. The van der Waals surface area contributed by atoms with Crippen LogP contribution in [0.5, 0.6) is 0 Å². The number of nitrogens with one attached hydrogen (secondary N) is 2. The van der Waals surface area contributed by atoms with Crippen LogP contribution in [0.25, 0.3) is 0 Å². The Hall–Kier alpha value is -0.684. The zero-order valence-corrected chi connectivity index (χ0v) is 21.2.